The average Bonchev–Trinajstić information content (AvgIpc) is 3.82. The molecule has 3 aliphatic rings. The van der Waals surface area contributed by atoms with Crippen molar-refractivity contribution in [3.05, 3.63) is 82.5 Å². The van der Waals surface area contributed by atoms with Crippen LogP contribution in [0.3, 0.4) is 0 Å². The molecule has 12 heteroatoms. The highest BCUT2D eigenvalue weighted by molar-refractivity contribution is 6.11. The number of carbonyl (C=O) groups excluding carboxylic acids is 4. The second kappa shape index (κ2) is 12.1. The molecule has 0 spiro atoms. The van der Waals surface area contributed by atoms with Crippen molar-refractivity contribution in [1.82, 2.24) is 21.5 Å². The monoisotopic (exact) mass is 624 g/mol. The maximum atomic E-state index is 13.0. The third-order valence-electron chi connectivity index (χ3n) is 8.20. The van der Waals surface area contributed by atoms with Crippen LogP contribution in [0.5, 0.6) is 0 Å². The molecule has 0 saturated heterocycles. The van der Waals surface area contributed by atoms with Crippen molar-refractivity contribution in [2.75, 3.05) is 18.4 Å². The summed E-state index contributed by atoms with van der Waals surface area (Å²) in [5.41, 5.74) is 15.7. The van der Waals surface area contributed by atoms with E-state index in [0.29, 0.717) is 42.8 Å². The van der Waals surface area contributed by atoms with E-state index in [1.165, 1.54) is 0 Å². The van der Waals surface area contributed by atoms with E-state index in [1.54, 1.807) is 20.8 Å². The molecule has 46 heavy (non-hydrogen) atoms. The predicted molar refractivity (Wildman–Crippen MR) is 172 cm³/mol. The quantitative estimate of drug-likeness (QED) is 0.169. The van der Waals surface area contributed by atoms with Gasteiger partial charge in [-0.15, -0.1) is 0 Å². The molecular weight excluding hydrogens is 588 g/mol. The summed E-state index contributed by atoms with van der Waals surface area (Å²) < 4.78 is 11.6. The number of primary amides is 1. The Bertz CT molecular complexity index is 1860. The molecule has 6 rings (SSSR count). The topological polar surface area (TPSA) is 177 Å². The minimum absolute atomic E-state index is 0.0295. The molecule has 3 aliphatic heterocycles. The van der Waals surface area contributed by atoms with Crippen LogP contribution in [-0.2, 0) is 27.2 Å². The molecule has 0 bridgehead atoms. The summed E-state index contributed by atoms with van der Waals surface area (Å²) in [7, 11) is 0. The Labute approximate surface area is 265 Å². The van der Waals surface area contributed by atoms with Gasteiger partial charge in [0.2, 0.25) is 5.91 Å². The van der Waals surface area contributed by atoms with Gasteiger partial charge in [0.05, 0.1) is 0 Å². The van der Waals surface area contributed by atoms with E-state index in [2.05, 4.69) is 39.0 Å². The zero-order chi connectivity index (χ0) is 32.6. The van der Waals surface area contributed by atoms with Gasteiger partial charge in [-0.05, 0) is 86.1 Å². The van der Waals surface area contributed by atoms with Crippen molar-refractivity contribution < 1.29 is 28.3 Å². The van der Waals surface area contributed by atoms with E-state index in [4.69, 9.17) is 14.9 Å². The lowest BCUT2D eigenvalue weighted by molar-refractivity contribution is -0.122. The van der Waals surface area contributed by atoms with E-state index in [-0.39, 0.29) is 24.0 Å². The summed E-state index contributed by atoms with van der Waals surface area (Å²) >= 11 is 0. The summed E-state index contributed by atoms with van der Waals surface area (Å²) in [5.74, 6) is 1.26. The molecule has 2 unspecified atom stereocenters. The smallest absolute Gasteiger partial charge is 0.426 e. The zero-order valence-electron chi connectivity index (χ0n) is 25.8. The third kappa shape index (κ3) is 6.07. The molecule has 2 atom stereocenters. The van der Waals surface area contributed by atoms with Gasteiger partial charge in [-0.1, -0.05) is 12.2 Å². The van der Waals surface area contributed by atoms with Crippen LogP contribution in [0.2, 0.25) is 0 Å². The number of carbonyl (C=O) groups is 3. The SMILES string of the molecule is CC(C)(C)OC(=O)NNC(=O)CCc1c(C2C=CNC2)cc2c(C(N)=O)oc(-c3ccc4c(c3)CC(=C=O)N4)c2c1C1C=CNC1. The van der Waals surface area contributed by atoms with Gasteiger partial charge in [0.1, 0.15) is 23.0 Å². The van der Waals surface area contributed by atoms with Gasteiger partial charge in [0.15, 0.2) is 5.76 Å². The molecule has 0 saturated carbocycles. The number of allylic oxidation sites excluding steroid dienone is 1. The number of rotatable bonds is 7. The van der Waals surface area contributed by atoms with Crippen molar-refractivity contribution in [3.8, 4) is 11.3 Å². The van der Waals surface area contributed by atoms with Crippen LogP contribution in [-0.4, -0.2) is 42.5 Å². The fraction of sp³-hybridized carbons (Fsp3) is 0.324. The maximum absolute atomic E-state index is 13.0. The largest absolute Gasteiger partial charge is 0.450 e. The number of ether oxygens (including phenoxy) is 1. The first-order chi connectivity index (χ1) is 22.0. The number of nitrogens with one attached hydrogen (secondary N) is 5. The second-order valence-corrected chi connectivity index (χ2v) is 12.6. The zero-order valence-corrected chi connectivity index (χ0v) is 25.8. The van der Waals surface area contributed by atoms with Crippen LogP contribution in [0.25, 0.3) is 22.1 Å². The fourth-order valence-corrected chi connectivity index (χ4v) is 6.30. The fourth-order valence-electron chi connectivity index (χ4n) is 6.30. The first-order valence-corrected chi connectivity index (χ1v) is 15.2. The van der Waals surface area contributed by atoms with E-state index < -0.39 is 23.5 Å². The van der Waals surface area contributed by atoms with Crippen molar-refractivity contribution in [2.24, 2.45) is 5.73 Å². The average molecular weight is 625 g/mol. The van der Waals surface area contributed by atoms with Crippen LogP contribution in [0.1, 0.15) is 71.8 Å². The highest BCUT2D eigenvalue weighted by Gasteiger charge is 2.32. The van der Waals surface area contributed by atoms with Gasteiger partial charge in [0, 0.05) is 59.8 Å². The molecule has 3 aromatic rings. The maximum Gasteiger partial charge on any atom is 0.426 e. The molecule has 2 aromatic carbocycles. The molecule has 4 heterocycles. The summed E-state index contributed by atoms with van der Waals surface area (Å²) in [4.78, 5) is 49.3. The number of benzene rings is 2. The number of fused-ring (bicyclic) bond motifs is 2. The van der Waals surface area contributed by atoms with Crippen LogP contribution in [0.15, 0.2) is 58.9 Å². The van der Waals surface area contributed by atoms with Gasteiger partial charge in [0.25, 0.3) is 5.91 Å². The summed E-state index contributed by atoms with van der Waals surface area (Å²) in [6.45, 7) is 6.45. The van der Waals surface area contributed by atoms with E-state index in [9.17, 15) is 19.2 Å². The third-order valence-corrected chi connectivity index (χ3v) is 8.20. The number of furan rings is 1. The normalized spacial score (nSPS) is 18.0. The van der Waals surface area contributed by atoms with Crippen LogP contribution in [0, 0.1) is 0 Å². The lowest BCUT2D eigenvalue weighted by Gasteiger charge is -2.23. The molecule has 0 aliphatic carbocycles. The Hall–Kier alpha value is -5.48. The molecule has 0 radical (unpaired) electrons. The molecule has 3 amide bonds. The van der Waals surface area contributed by atoms with Crippen LogP contribution in [0.4, 0.5) is 10.5 Å². The first-order valence-electron chi connectivity index (χ1n) is 15.2. The standard InChI is InChI=1S/C34H36N6O6/c1-34(2,3)46-33(44)40-39-27(42)7-5-23-24(19-8-10-36-15-19)14-25-29(28(23)20-9-11-37-16-20)30(45-31(25)32(35)43)18-4-6-26-21(12-18)13-22(17-41)38-26/h4,6,8-12,14,19-20,36-38H,5,7,13,15-16H2,1-3H3,(H2,35,43)(H,39,42)(H,40,44). The summed E-state index contributed by atoms with van der Waals surface area (Å²) in [6, 6.07) is 7.64. The van der Waals surface area contributed by atoms with Crippen molar-refractivity contribution in [2.45, 2.75) is 57.5 Å². The Morgan fingerprint density at radius 3 is 2.46 bits per heavy atom. The van der Waals surface area contributed by atoms with Gasteiger partial charge in [-0.3, -0.25) is 15.0 Å². The van der Waals surface area contributed by atoms with Crippen molar-refractivity contribution in [1.29, 1.82) is 0 Å². The number of amides is 3. The lowest BCUT2D eigenvalue weighted by atomic mass is 9.81. The number of nitrogens with two attached hydrogens (primary N) is 1. The van der Waals surface area contributed by atoms with Gasteiger partial charge in [-0.2, -0.15) is 0 Å². The van der Waals surface area contributed by atoms with E-state index in [0.717, 1.165) is 38.9 Å². The molecule has 238 valence electrons. The minimum Gasteiger partial charge on any atom is -0.450 e. The lowest BCUT2D eigenvalue weighted by Crippen LogP contribution is -2.44. The molecule has 0 fully saturated rings. The Balaban J connectivity index is 1.47. The van der Waals surface area contributed by atoms with Crippen LogP contribution < -0.4 is 32.5 Å². The highest BCUT2D eigenvalue weighted by atomic mass is 16.6. The van der Waals surface area contributed by atoms with Gasteiger partial charge < -0.3 is 30.8 Å². The summed E-state index contributed by atoms with van der Waals surface area (Å²) in [5, 5.41) is 10.9. The van der Waals surface area contributed by atoms with Crippen molar-refractivity contribution >= 4 is 40.3 Å². The van der Waals surface area contributed by atoms with Crippen LogP contribution >= 0.6 is 0 Å². The number of hydrogen-bond donors (Lipinski definition) is 6. The first kappa shape index (κ1) is 30.5. The van der Waals surface area contributed by atoms with E-state index in [1.807, 2.05) is 42.6 Å². The Morgan fingerprint density at radius 2 is 1.80 bits per heavy atom. The molecule has 12 nitrogen and oxygen atoms in total. The number of hydrazine groups is 1. The Kier molecular flexibility index (Phi) is 8.06. The second-order valence-electron chi connectivity index (χ2n) is 12.6. The number of anilines is 1. The summed E-state index contributed by atoms with van der Waals surface area (Å²) in [6.07, 6.45) is 7.95. The molecule has 7 N–H and O–H groups in total. The van der Waals surface area contributed by atoms with Gasteiger partial charge >= 0.3 is 6.09 Å². The predicted octanol–water partition coefficient (Wildman–Crippen LogP) is 3.77. The van der Waals surface area contributed by atoms with Gasteiger partial charge in [-0.25, -0.2) is 15.0 Å². The molecule has 1 aromatic heterocycles. The van der Waals surface area contributed by atoms with Crippen molar-refractivity contribution in [3.63, 3.8) is 0 Å². The highest BCUT2D eigenvalue weighted by Crippen LogP contribution is 2.45. The molecular formula is C34H36N6O6. The minimum atomic E-state index is -0.754. The number of hydrogen-bond acceptors (Lipinski definition) is 9. The Morgan fingerprint density at radius 1 is 1.07 bits per heavy atom. The van der Waals surface area contributed by atoms with E-state index >= 15 is 0 Å².